The zero-order valence-corrected chi connectivity index (χ0v) is 30.7. The second-order valence-corrected chi connectivity index (χ2v) is 14.4. The minimum atomic E-state index is -1.03. The summed E-state index contributed by atoms with van der Waals surface area (Å²) in [5.41, 5.74) is 4.02. The summed E-state index contributed by atoms with van der Waals surface area (Å²) in [6.07, 6.45) is 1.84. The van der Waals surface area contributed by atoms with Crippen molar-refractivity contribution in [1.29, 1.82) is 0 Å². The number of benzene rings is 4. The van der Waals surface area contributed by atoms with E-state index < -0.39 is 17.7 Å². The molecule has 1 fully saturated rings. The van der Waals surface area contributed by atoms with E-state index in [1.165, 1.54) is 35.1 Å². The maximum absolute atomic E-state index is 13.8. The van der Waals surface area contributed by atoms with Gasteiger partial charge in [0.05, 0.1) is 25.3 Å². The lowest BCUT2D eigenvalue weighted by molar-refractivity contribution is -0.132. The van der Waals surface area contributed by atoms with Gasteiger partial charge in [0.25, 0.3) is 5.78 Å². The highest BCUT2D eigenvalue weighted by Gasteiger charge is 2.48. The Balaban J connectivity index is 1.34. The average Bonchev–Trinajstić information content (AvgIpc) is 3.72. The minimum Gasteiger partial charge on any atom is -0.507 e. The Morgan fingerprint density at radius 1 is 0.961 bits per heavy atom. The number of nitrogens with zero attached hydrogens (tertiary/aromatic N) is 3. The molecule has 262 valence electrons. The first-order valence-corrected chi connectivity index (χ1v) is 18.6. The van der Waals surface area contributed by atoms with Crippen LogP contribution < -0.4 is 19.1 Å². The number of rotatable bonds is 14. The summed E-state index contributed by atoms with van der Waals surface area (Å²) in [7, 11) is 1.53. The van der Waals surface area contributed by atoms with Crippen LogP contribution in [0.3, 0.4) is 0 Å². The fraction of sp³-hybridized carbons (Fsp3) is 0.231. The monoisotopic (exact) mass is 741 g/mol. The van der Waals surface area contributed by atoms with Crippen LogP contribution >= 0.6 is 34.7 Å². The van der Waals surface area contributed by atoms with Gasteiger partial charge in [-0.15, -0.1) is 10.2 Å². The number of hydrogen-bond acceptors (Lipinski definition) is 10. The molecule has 5 aromatic rings. The van der Waals surface area contributed by atoms with E-state index in [9.17, 15) is 14.7 Å². The van der Waals surface area contributed by atoms with Gasteiger partial charge in [-0.05, 0) is 84.1 Å². The van der Waals surface area contributed by atoms with Gasteiger partial charge in [0.2, 0.25) is 5.13 Å². The third kappa shape index (κ3) is 8.22. The molecule has 1 N–H and O–H groups in total. The molecule has 4 aromatic carbocycles. The summed E-state index contributed by atoms with van der Waals surface area (Å²) in [6.45, 7) is 4.99. The maximum atomic E-state index is 13.8. The molecule has 1 atom stereocenters. The van der Waals surface area contributed by atoms with Crippen LogP contribution in [0.2, 0.25) is 5.02 Å². The number of halogens is 1. The van der Waals surface area contributed by atoms with Crippen molar-refractivity contribution in [3.63, 3.8) is 0 Å². The Labute approximate surface area is 309 Å². The summed E-state index contributed by atoms with van der Waals surface area (Å²) in [6, 6.07) is 26.5. The van der Waals surface area contributed by atoms with Crippen molar-refractivity contribution in [3.05, 3.63) is 129 Å². The highest BCUT2D eigenvalue weighted by molar-refractivity contribution is 8.00. The molecule has 12 heteroatoms. The first kappa shape index (κ1) is 36.0. The van der Waals surface area contributed by atoms with Crippen molar-refractivity contribution in [2.75, 3.05) is 18.6 Å². The highest BCUT2D eigenvalue weighted by atomic mass is 35.5. The van der Waals surface area contributed by atoms with Crippen LogP contribution in [0.25, 0.3) is 5.76 Å². The number of unbranched alkanes of at least 4 members (excludes halogenated alkanes) is 1. The second-order valence-electron chi connectivity index (χ2n) is 11.8. The predicted molar refractivity (Wildman–Crippen MR) is 201 cm³/mol. The van der Waals surface area contributed by atoms with E-state index in [2.05, 4.69) is 17.1 Å². The average molecular weight is 742 g/mol. The third-order valence-corrected chi connectivity index (χ3v) is 10.7. The number of aliphatic hydroxyl groups excluding tert-OH is 1. The SMILES string of the molecule is CCCCOc1ccc(C2/C(=C(\O)c3ccc(OCc4ccccc4C)cc3)C(=O)C(=O)N2c2nnc(SCc3ccc(Cl)cc3)s2)cc1OC. The van der Waals surface area contributed by atoms with Gasteiger partial charge in [-0.2, -0.15) is 0 Å². The molecule has 9 nitrogen and oxygen atoms in total. The molecule has 0 radical (unpaired) electrons. The quantitative estimate of drug-likeness (QED) is 0.0297. The first-order valence-electron chi connectivity index (χ1n) is 16.4. The van der Waals surface area contributed by atoms with Gasteiger partial charge < -0.3 is 19.3 Å². The molecule has 1 saturated heterocycles. The molecule has 0 bridgehead atoms. The number of methoxy groups -OCH3 is 1. The summed E-state index contributed by atoms with van der Waals surface area (Å²) < 4.78 is 18.2. The molecule has 1 aromatic heterocycles. The van der Waals surface area contributed by atoms with Crippen molar-refractivity contribution in [2.45, 2.75) is 49.4 Å². The molecular formula is C39H36ClN3O6S2. The highest BCUT2D eigenvalue weighted by Crippen LogP contribution is 2.46. The number of aromatic nitrogens is 2. The van der Waals surface area contributed by atoms with Crippen LogP contribution in [0.15, 0.2) is 101 Å². The number of carbonyl (C=O) groups excluding carboxylic acids is 2. The third-order valence-electron chi connectivity index (χ3n) is 8.36. The Bertz CT molecular complexity index is 2050. The van der Waals surface area contributed by atoms with Crippen LogP contribution in [0, 0.1) is 6.92 Å². The molecule has 51 heavy (non-hydrogen) atoms. The van der Waals surface area contributed by atoms with Crippen molar-refractivity contribution in [1.82, 2.24) is 10.2 Å². The van der Waals surface area contributed by atoms with Crippen LogP contribution in [0.5, 0.6) is 17.2 Å². The Morgan fingerprint density at radius 2 is 1.73 bits per heavy atom. The molecule has 0 saturated carbocycles. The van der Waals surface area contributed by atoms with E-state index in [1.807, 2.05) is 55.5 Å². The van der Waals surface area contributed by atoms with Gasteiger partial charge in [0, 0.05) is 16.3 Å². The zero-order valence-electron chi connectivity index (χ0n) is 28.3. The molecule has 6 rings (SSSR count). The van der Waals surface area contributed by atoms with E-state index in [1.54, 1.807) is 42.5 Å². The Hall–Kier alpha value is -4.84. The number of hydrogen-bond donors (Lipinski definition) is 1. The van der Waals surface area contributed by atoms with Gasteiger partial charge >= 0.3 is 5.91 Å². The van der Waals surface area contributed by atoms with Crippen molar-refractivity contribution < 1.29 is 28.9 Å². The molecule has 1 unspecified atom stereocenters. The number of ether oxygens (including phenoxy) is 3. The Kier molecular flexibility index (Phi) is 11.6. The fourth-order valence-corrected chi connectivity index (χ4v) is 7.48. The van der Waals surface area contributed by atoms with E-state index in [-0.39, 0.29) is 16.5 Å². The maximum Gasteiger partial charge on any atom is 0.301 e. The van der Waals surface area contributed by atoms with Gasteiger partial charge in [0.1, 0.15) is 18.1 Å². The molecule has 0 spiro atoms. The van der Waals surface area contributed by atoms with Crippen LogP contribution in [0.4, 0.5) is 5.13 Å². The predicted octanol–water partition coefficient (Wildman–Crippen LogP) is 9.19. The first-order chi connectivity index (χ1) is 24.8. The van der Waals surface area contributed by atoms with Gasteiger partial charge in [-0.3, -0.25) is 14.5 Å². The van der Waals surface area contributed by atoms with Gasteiger partial charge in [-0.1, -0.05) is 90.5 Å². The molecule has 1 aliphatic heterocycles. The van der Waals surface area contributed by atoms with E-state index in [4.69, 9.17) is 25.8 Å². The normalized spacial score (nSPS) is 15.3. The number of Topliss-reactive ketones (excluding diaryl/α,β-unsaturated/α-hetero) is 1. The van der Waals surface area contributed by atoms with Gasteiger partial charge in [0.15, 0.2) is 15.8 Å². The molecular weight excluding hydrogens is 706 g/mol. The molecule has 1 aliphatic rings. The summed E-state index contributed by atoms with van der Waals surface area (Å²) in [5.74, 6) is 0.168. The number of carbonyl (C=O) groups is 2. The summed E-state index contributed by atoms with van der Waals surface area (Å²) in [5, 5.41) is 21.3. The zero-order chi connectivity index (χ0) is 35.9. The lowest BCUT2D eigenvalue weighted by atomic mass is 9.95. The summed E-state index contributed by atoms with van der Waals surface area (Å²) in [4.78, 5) is 29.0. The lowest BCUT2D eigenvalue weighted by Gasteiger charge is -2.23. The van der Waals surface area contributed by atoms with E-state index >= 15 is 0 Å². The van der Waals surface area contributed by atoms with Gasteiger partial charge in [-0.25, -0.2) is 0 Å². The second kappa shape index (κ2) is 16.5. The van der Waals surface area contributed by atoms with Crippen molar-refractivity contribution >= 4 is 57.3 Å². The van der Waals surface area contributed by atoms with Crippen LogP contribution in [0.1, 0.15) is 53.6 Å². The molecule has 1 amide bonds. The minimum absolute atomic E-state index is 0.0825. The smallest absolute Gasteiger partial charge is 0.301 e. The summed E-state index contributed by atoms with van der Waals surface area (Å²) >= 11 is 8.68. The van der Waals surface area contributed by atoms with Crippen molar-refractivity contribution in [2.24, 2.45) is 0 Å². The molecule has 2 heterocycles. The molecule has 0 aliphatic carbocycles. The van der Waals surface area contributed by atoms with Crippen molar-refractivity contribution in [3.8, 4) is 17.2 Å². The standard InChI is InChI=1S/C39H36ClN3O6S2/c1-4-5-20-48-31-19-14-27(21-32(31)47-3)34-33(35(44)26-12-17-30(18-13-26)49-22-28-9-7-6-8-24(28)2)36(45)37(46)43(34)38-41-42-39(51-38)50-23-25-10-15-29(40)16-11-25/h6-19,21,34,44H,4-5,20,22-23H2,1-3H3/b35-33+. The number of anilines is 1. The number of aliphatic hydroxyl groups is 1. The number of amides is 1. The van der Waals surface area contributed by atoms with E-state index in [0.29, 0.717) is 56.7 Å². The largest absolute Gasteiger partial charge is 0.507 e. The topological polar surface area (TPSA) is 111 Å². The number of ketones is 1. The number of thioether (sulfide) groups is 1. The number of aryl methyl sites for hydroxylation is 1. The van der Waals surface area contributed by atoms with Crippen LogP contribution in [-0.4, -0.2) is 40.7 Å². The lowest BCUT2D eigenvalue weighted by Crippen LogP contribution is -2.29. The van der Waals surface area contributed by atoms with Crippen LogP contribution in [-0.2, 0) is 21.9 Å². The Morgan fingerprint density at radius 3 is 2.45 bits per heavy atom. The fourth-order valence-electron chi connectivity index (χ4n) is 5.53. The van der Waals surface area contributed by atoms with E-state index in [0.717, 1.165) is 29.5 Å².